The fourth-order valence-electron chi connectivity index (χ4n) is 4.24. The van der Waals surface area contributed by atoms with Gasteiger partial charge in [0, 0.05) is 30.0 Å². The van der Waals surface area contributed by atoms with Crippen LogP contribution in [0, 0.1) is 5.41 Å². The van der Waals surface area contributed by atoms with Crippen molar-refractivity contribution in [2.45, 2.75) is 25.3 Å². The summed E-state index contributed by atoms with van der Waals surface area (Å²) in [5, 5.41) is 16.8. The second kappa shape index (κ2) is 7.55. The average molecular weight is 420 g/mol. The molecule has 2 aliphatic heterocycles. The van der Waals surface area contributed by atoms with Crippen LogP contribution < -0.4 is 21.5 Å². The van der Waals surface area contributed by atoms with E-state index in [1.165, 1.54) is 0 Å². The van der Waals surface area contributed by atoms with Gasteiger partial charge in [0.05, 0.1) is 7.11 Å². The Hall–Kier alpha value is -3.66. The van der Waals surface area contributed by atoms with Gasteiger partial charge in [-0.25, -0.2) is 9.97 Å². The largest absolute Gasteiger partial charge is 0.494 e. The molecule has 0 aliphatic carbocycles. The molecule has 0 saturated carbocycles. The number of aromatic nitrogens is 4. The molecule has 0 bridgehead atoms. The summed E-state index contributed by atoms with van der Waals surface area (Å²) in [6.45, 7) is 1.19. The molecule has 1 saturated heterocycles. The number of aryl methyl sites for hydroxylation is 1. The summed E-state index contributed by atoms with van der Waals surface area (Å²) in [6, 6.07) is 5.89. The molecule has 6 N–H and O–H groups in total. The van der Waals surface area contributed by atoms with Crippen molar-refractivity contribution < 1.29 is 9.47 Å². The van der Waals surface area contributed by atoms with Crippen LogP contribution in [-0.4, -0.2) is 51.7 Å². The van der Waals surface area contributed by atoms with Gasteiger partial charge >= 0.3 is 0 Å². The van der Waals surface area contributed by atoms with Crippen LogP contribution in [0.15, 0.2) is 41.2 Å². The van der Waals surface area contributed by atoms with E-state index in [0.29, 0.717) is 41.5 Å². The number of para-hydroxylation sites is 1. The minimum Gasteiger partial charge on any atom is -0.494 e. The molecule has 1 fully saturated rings. The first-order valence-electron chi connectivity index (χ1n) is 10.2. The third-order valence-corrected chi connectivity index (χ3v) is 5.77. The van der Waals surface area contributed by atoms with Crippen molar-refractivity contribution in [3.8, 4) is 5.75 Å². The van der Waals surface area contributed by atoms with Gasteiger partial charge in [0.1, 0.15) is 17.9 Å². The predicted molar refractivity (Wildman–Crippen MR) is 117 cm³/mol. The molecule has 2 aromatic heterocycles. The lowest BCUT2D eigenvalue weighted by Gasteiger charge is -2.31. The molecule has 10 nitrogen and oxygen atoms in total. The van der Waals surface area contributed by atoms with Gasteiger partial charge < -0.3 is 26.3 Å². The van der Waals surface area contributed by atoms with E-state index in [9.17, 15) is 0 Å². The SMILES string of the molecule is COc1cccc2c1nc(N)n1nc(CCC3CC4=C(C(=N)N)OCC=C4CN3)nc21. The molecule has 0 spiro atoms. The van der Waals surface area contributed by atoms with Crippen LogP contribution in [-0.2, 0) is 11.2 Å². The Bertz CT molecular complexity index is 1260. The number of anilines is 1. The number of fused-ring (bicyclic) bond motifs is 4. The molecule has 3 aromatic rings. The first-order valence-corrected chi connectivity index (χ1v) is 10.2. The maximum absolute atomic E-state index is 7.79. The van der Waals surface area contributed by atoms with Gasteiger partial charge in [0.2, 0.25) is 5.95 Å². The average Bonchev–Trinajstić information content (AvgIpc) is 3.22. The number of nitrogen functional groups attached to an aromatic ring is 1. The van der Waals surface area contributed by atoms with Crippen molar-refractivity contribution in [2.24, 2.45) is 5.73 Å². The second-order valence-electron chi connectivity index (χ2n) is 7.67. The Labute approximate surface area is 178 Å². The molecule has 160 valence electrons. The Morgan fingerprint density at radius 2 is 2.26 bits per heavy atom. The lowest BCUT2D eigenvalue weighted by Crippen LogP contribution is -2.39. The number of piperidine rings is 1. The fourth-order valence-corrected chi connectivity index (χ4v) is 4.24. The van der Waals surface area contributed by atoms with Gasteiger partial charge in [-0.3, -0.25) is 5.41 Å². The van der Waals surface area contributed by atoms with Crippen LogP contribution >= 0.6 is 0 Å². The summed E-state index contributed by atoms with van der Waals surface area (Å²) in [7, 11) is 1.61. The number of ether oxygens (including phenoxy) is 2. The molecule has 10 heteroatoms. The van der Waals surface area contributed by atoms with Crippen molar-refractivity contribution >= 4 is 28.3 Å². The Morgan fingerprint density at radius 3 is 3.06 bits per heavy atom. The molecule has 5 rings (SSSR count). The fraction of sp³-hybridized carbons (Fsp3) is 0.333. The third-order valence-electron chi connectivity index (χ3n) is 5.77. The number of nitrogens with one attached hydrogen (secondary N) is 2. The Morgan fingerprint density at radius 1 is 1.39 bits per heavy atom. The normalized spacial score (nSPS) is 18.6. The zero-order valence-electron chi connectivity index (χ0n) is 17.2. The number of hydrogen-bond donors (Lipinski definition) is 4. The van der Waals surface area contributed by atoms with Crippen LogP contribution in [0.4, 0.5) is 5.95 Å². The molecular formula is C21H24N8O2. The number of nitrogens with zero attached hydrogens (tertiary/aromatic N) is 4. The van der Waals surface area contributed by atoms with Crippen molar-refractivity contribution in [3.63, 3.8) is 0 Å². The summed E-state index contributed by atoms with van der Waals surface area (Å²) in [5.74, 6) is 2.11. The summed E-state index contributed by atoms with van der Waals surface area (Å²) in [6.07, 6.45) is 4.29. The van der Waals surface area contributed by atoms with Crippen LogP contribution in [0.2, 0.25) is 0 Å². The lowest BCUT2D eigenvalue weighted by atomic mass is 9.89. The van der Waals surface area contributed by atoms with E-state index in [-0.39, 0.29) is 17.8 Å². The van der Waals surface area contributed by atoms with Crippen LogP contribution in [0.25, 0.3) is 16.6 Å². The first-order chi connectivity index (χ1) is 15.0. The highest BCUT2D eigenvalue weighted by Crippen LogP contribution is 2.30. The molecular weight excluding hydrogens is 396 g/mol. The van der Waals surface area contributed by atoms with Crippen molar-refractivity contribution in [3.05, 3.63) is 47.0 Å². The number of hydrogen-bond acceptors (Lipinski definition) is 8. The number of nitrogens with two attached hydrogens (primary N) is 2. The summed E-state index contributed by atoms with van der Waals surface area (Å²) < 4.78 is 12.6. The van der Waals surface area contributed by atoms with E-state index in [0.717, 1.165) is 35.9 Å². The molecule has 0 radical (unpaired) electrons. The summed E-state index contributed by atoms with van der Waals surface area (Å²) >= 11 is 0. The molecule has 2 aliphatic rings. The highest BCUT2D eigenvalue weighted by molar-refractivity contribution is 5.96. The van der Waals surface area contributed by atoms with Crippen LogP contribution in [0.5, 0.6) is 5.75 Å². The minimum atomic E-state index is -0.0199. The third kappa shape index (κ3) is 3.34. The molecule has 4 heterocycles. The number of amidine groups is 1. The van der Waals surface area contributed by atoms with Crippen LogP contribution in [0.3, 0.4) is 0 Å². The maximum atomic E-state index is 7.79. The topological polar surface area (TPSA) is 149 Å². The molecule has 1 atom stereocenters. The molecule has 1 aromatic carbocycles. The Kier molecular flexibility index (Phi) is 4.70. The second-order valence-corrected chi connectivity index (χ2v) is 7.67. The van der Waals surface area contributed by atoms with Gasteiger partial charge in [-0.05, 0) is 36.6 Å². The summed E-state index contributed by atoms with van der Waals surface area (Å²) in [4.78, 5) is 9.18. The van der Waals surface area contributed by atoms with Gasteiger partial charge in [-0.1, -0.05) is 6.07 Å². The standard InChI is InChI=1S/C21H24N8O2/c1-30-15-4-2-3-13-17(15)27-21(24)29-20(13)26-16(28-29)6-5-12-9-14-11(10-25-12)7-8-31-18(14)19(22)23/h2-4,7,12,25H,5-6,8-10H2,1H3,(H3,22,23)(H2,24,27). The van der Waals surface area contributed by atoms with E-state index in [1.807, 2.05) is 24.3 Å². The lowest BCUT2D eigenvalue weighted by molar-refractivity contribution is 0.252. The van der Waals surface area contributed by atoms with E-state index in [4.69, 9.17) is 31.3 Å². The van der Waals surface area contributed by atoms with Gasteiger partial charge in [0.25, 0.3) is 0 Å². The monoisotopic (exact) mass is 420 g/mol. The zero-order valence-corrected chi connectivity index (χ0v) is 17.2. The van der Waals surface area contributed by atoms with Gasteiger partial charge in [-0.2, -0.15) is 4.52 Å². The smallest absolute Gasteiger partial charge is 0.223 e. The van der Waals surface area contributed by atoms with Gasteiger partial charge in [0.15, 0.2) is 23.1 Å². The highest BCUT2D eigenvalue weighted by atomic mass is 16.5. The molecule has 1 unspecified atom stereocenters. The predicted octanol–water partition coefficient (Wildman–Crippen LogP) is 1.31. The van der Waals surface area contributed by atoms with Crippen molar-refractivity contribution in [1.82, 2.24) is 24.9 Å². The maximum Gasteiger partial charge on any atom is 0.223 e. The zero-order chi connectivity index (χ0) is 21.5. The minimum absolute atomic E-state index is 0.0199. The molecule has 0 amide bonds. The molecule has 31 heavy (non-hydrogen) atoms. The number of methoxy groups -OCH3 is 1. The van der Waals surface area contributed by atoms with E-state index in [2.05, 4.69) is 15.4 Å². The number of rotatable bonds is 5. The van der Waals surface area contributed by atoms with Crippen LogP contribution in [0.1, 0.15) is 18.7 Å². The number of benzene rings is 1. The van der Waals surface area contributed by atoms with E-state index in [1.54, 1.807) is 11.6 Å². The first kappa shape index (κ1) is 19.3. The van der Waals surface area contributed by atoms with Crippen molar-refractivity contribution in [1.29, 1.82) is 5.41 Å². The highest BCUT2D eigenvalue weighted by Gasteiger charge is 2.27. The van der Waals surface area contributed by atoms with E-state index >= 15 is 0 Å². The van der Waals surface area contributed by atoms with E-state index < -0.39 is 0 Å². The Balaban J connectivity index is 1.39. The van der Waals surface area contributed by atoms with Gasteiger partial charge in [-0.15, -0.1) is 5.10 Å². The summed E-state index contributed by atoms with van der Waals surface area (Å²) in [5.41, 5.74) is 15.4. The van der Waals surface area contributed by atoms with Crippen molar-refractivity contribution in [2.75, 3.05) is 26.0 Å². The quantitative estimate of drug-likeness (QED) is 0.356.